The van der Waals surface area contributed by atoms with Gasteiger partial charge in [0, 0.05) is 20.1 Å². The van der Waals surface area contributed by atoms with Gasteiger partial charge in [-0.25, -0.2) is 9.59 Å². The molecular weight excluding hydrogens is 604 g/mol. The maximum Gasteiger partial charge on any atom is 0.338 e. The molecule has 0 bridgehead atoms. The molecule has 1 fully saturated rings. The third-order valence-electron chi connectivity index (χ3n) is 8.54. The average Bonchev–Trinajstić information content (AvgIpc) is 3.06. The first kappa shape index (κ1) is 35.9. The van der Waals surface area contributed by atoms with Crippen LogP contribution in [0.1, 0.15) is 62.4 Å². The number of carbonyl (C=O) groups is 2. The number of hydrogen-bond acceptors (Lipinski definition) is 10. The van der Waals surface area contributed by atoms with Crippen LogP contribution in [0, 0.1) is 33.6 Å². The van der Waals surface area contributed by atoms with Crippen LogP contribution in [0.5, 0.6) is 11.5 Å². The first-order chi connectivity index (χ1) is 22.5. The lowest BCUT2D eigenvalue weighted by Crippen LogP contribution is -2.56. The molecule has 254 valence electrons. The Morgan fingerprint density at radius 2 is 1.30 bits per heavy atom. The first-order valence-corrected chi connectivity index (χ1v) is 15.7. The van der Waals surface area contributed by atoms with E-state index in [1.54, 1.807) is 24.3 Å². The van der Waals surface area contributed by atoms with E-state index in [0.717, 1.165) is 27.8 Å². The van der Waals surface area contributed by atoms with E-state index in [4.69, 9.17) is 37.9 Å². The normalized spacial score (nSPS) is 20.8. The Balaban J connectivity index is 1.56. The van der Waals surface area contributed by atoms with Crippen molar-refractivity contribution in [1.29, 1.82) is 0 Å². The SMILES string of the molecule is COCOc1cc(C(=O)OCC2OC(C)C(OCc3ccccc3)C(C)C2OC(=O)c2cc(C)c(C)c(OCOC)c2)cc(C)c1C. The Labute approximate surface area is 277 Å². The van der Waals surface area contributed by atoms with Crippen molar-refractivity contribution in [3.8, 4) is 11.5 Å². The molecule has 0 amide bonds. The van der Waals surface area contributed by atoms with E-state index in [1.165, 1.54) is 14.2 Å². The van der Waals surface area contributed by atoms with E-state index in [1.807, 2.05) is 71.9 Å². The zero-order valence-electron chi connectivity index (χ0n) is 28.5. The Morgan fingerprint density at radius 1 is 0.745 bits per heavy atom. The Bertz CT molecular complexity index is 1500. The summed E-state index contributed by atoms with van der Waals surface area (Å²) in [5.74, 6) is -0.361. The van der Waals surface area contributed by atoms with Crippen LogP contribution in [0.15, 0.2) is 54.6 Å². The number of hydrogen-bond donors (Lipinski definition) is 0. The molecule has 1 aliphatic rings. The van der Waals surface area contributed by atoms with Gasteiger partial charge in [-0.2, -0.15) is 0 Å². The molecule has 4 rings (SSSR count). The van der Waals surface area contributed by atoms with E-state index in [2.05, 4.69) is 0 Å². The molecular formula is C37H46O10. The van der Waals surface area contributed by atoms with Crippen LogP contribution in [-0.2, 0) is 35.0 Å². The zero-order valence-corrected chi connectivity index (χ0v) is 28.5. The molecule has 3 aromatic rings. The second-order valence-corrected chi connectivity index (χ2v) is 11.9. The van der Waals surface area contributed by atoms with Crippen LogP contribution in [0.2, 0.25) is 0 Å². The smallest absolute Gasteiger partial charge is 0.338 e. The fourth-order valence-electron chi connectivity index (χ4n) is 5.62. The molecule has 0 aromatic heterocycles. The summed E-state index contributed by atoms with van der Waals surface area (Å²) >= 11 is 0. The molecule has 0 radical (unpaired) electrons. The van der Waals surface area contributed by atoms with Gasteiger partial charge in [0.15, 0.2) is 13.6 Å². The molecule has 47 heavy (non-hydrogen) atoms. The number of esters is 2. The second-order valence-electron chi connectivity index (χ2n) is 11.9. The Hall–Kier alpha value is -3.96. The monoisotopic (exact) mass is 650 g/mol. The van der Waals surface area contributed by atoms with Crippen molar-refractivity contribution in [3.05, 3.63) is 93.5 Å². The first-order valence-electron chi connectivity index (χ1n) is 15.7. The third-order valence-corrected chi connectivity index (χ3v) is 8.54. The second kappa shape index (κ2) is 16.7. The van der Waals surface area contributed by atoms with Crippen LogP contribution >= 0.6 is 0 Å². The molecule has 0 N–H and O–H groups in total. The Kier molecular flexibility index (Phi) is 12.8. The molecule has 10 heteroatoms. The summed E-state index contributed by atoms with van der Waals surface area (Å²) in [5.41, 5.74) is 5.18. The molecule has 0 aliphatic carbocycles. The topological polar surface area (TPSA) is 108 Å². The summed E-state index contributed by atoms with van der Waals surface area (Å²) in [5, 5.41) is 0. The molecule has 5 unspecified atom stereocenters. The largest absolute Gasteiger partial charge is 0.467 e. The molecule has 3 aromatic carbocycles. The van der Waals surface area contributed by atoms with Crippen molar-refractivity contribution in [1.82, 2.24) is 0 Å². The lowest BCUT2D eigenvalue weighted by atomic mass is 9.87. The third kappa shape index (κ3) is 9.10. The molecule has 1 aliphatic heterocycles. The summed E-state index contributed by atoms with van der Waals surface area (Å²) < 4.78 is 46.1. The number of carbonyl (C=O) groups excluding carboxylic acids is 2. The number of aryl methyl sites for hydroxylation is 2. The maximum absolute atomic E-state index is 13.7. The quantitative estimate of drug-likeness (QED) is 0.146. The van der Waals surface area contributed by atoms with Gasteiger partial charge in [-0.3, -0.25) is 0 Å². The van der Waals surface area contributed by atoms with E-state index in [-0.39, 0.29) is 32.2 Å². The van der Waals surface area contributed by atoms with Gasteiger partial charge in [-0.05, 0) is 86.7 Å². The number of benzene rings is 3. The number of methoxy groups -OCH3 is 2. The predicted octanol–water partition coefficient (Wildman–Crippen LogP) is 6.28. The highest BCUT2D eigenvalue weighted by Gasteiger charge is 2.45. The van der Waals surface area contributed by atoms with Crippen molar-refractivity contribution >= 4 is 11.9 Å². The van der Waals surface area contributed by atoms with Crippen molar-refractivity contribution in [2.24, 2.45) is 5.92 Å². The van der Waals surface area contributed by atoms with Crippen LogP contribution in [0.4, 0.5) is 0 Å². The van der Waals surface area contributed by atoms with E-state index >= 15 is 0 Å². The average molecular weight is 651 g/mol. The van der Waals surface area contributed by atoms with Gasteiger partial charge in [0.25, 0.3) is 0 Å². The van der Waals surface area contributed by atoms with Gasteiger partial charge in [-0.15, -0.1) is 0 Å². The molecule has 10 nitrogen and oxygen atoms in total. The fraction of sp³-hybridized carbons (Fsp3) is 0.459. The molecule has 1 heterocycles. The number of ether oxygens (including phenoxy) is 8. The molecule has 1 saturated heterocycles. The van der Waals surface area contributed by atoms with Crippen LogP contribution in [0.3, 0.4) is 0 Å². The summed E-state index contributed by atoms with van der Waals surface area (Å²) in [6.45, 7) is 11.8. The van der Waals surface area contributed by atoms with Gasteiger partial charge in [0.2, 0.25) is 0 Å². The molecule has 0 spiro atoms. The minimum atomic E-state index is -0.794. The highest BCUT2D eigenvalue weighted by Crippen LogP contribution is 2.33. The standard InChI is InChI=1S/C37H46O10/c1-22-14-29(16-31(24(22)3)44-20-40-7)36(38)43-19-33-35(26(5)34(27(6)46-33)42-18-28-12-10-9-11-13-28)47-37(39)30-15-23(2)25(4)32(17-30)45-21-41-8/h9-17,26-27,33-35H,18-21H2,1-8H3. The van der Waals surface area contributed by atoms with Crippen molar-refractivity contribution in [3.63, 3.8) is 0 Å². The lowest BCUT2D eigenvalue weighted by molar-refractivity contribution is -0.216. The molecule has 5 atom stereocenters. The van der Waals surface area contributed by atoms with E-state index in [0.29, 0.717) is 29.2 Å². The van der Waals surface area contributed by atoms with Crippen molar-refractivity contribution in [2.45, 2.75) is 72.6 Å². The van der Waals surface area contributed by atoms with Crippen molar-refractivity contribution < 1.29 is 47.5 Å². The van der Waals surface area contributed by atoms with Crippen LogP contribution < -0.4 is 9.47 Å². The minimum Gasteiger partial charge on any atom is -0.467 e. The van der Waals surface area contributed by atoms with Crippen LogP contribution in [-0.4, -0.2) is 70.8 Å². The molecule has 0 saturated carbocycles. The highest BCUT2D eigenvalue weighted by molar-refractivity contribution is 5.91. The van der Waals surface area contributed by atoms with Gasteiger partial charge < -0.3 is 37.9 Å². The minimum absolute atomic E-state index is 0.0402. The highest BCUT2D eigenvalue weighted by atomic mass is 16.7. The summed E-state index contributed by atoms with van der Waals surface area (Å²) in [7, 11) is 3.06. The summed E-state index contributed by atoms with van der Waals surface area (Å²) in [4.78, 5) is 27.0. The predicted molar refractivity (Wildman–Crippen MR) is 175 cm³/mol. The van der Waals surface area contributed by atoms with Crippen LogP contribution in [0.25, 0.3) is 0 Å². The van der Waals surface area contributed by atoms with Gasteiger partial charge in [0.1, 0.15) is 30.3 Å². The fourth-order valence-corrected chi connectivity index (χ4v) is 5.62. The van der Waals surface area contributed by atoms with E-state index in [9.17, 15) is 9.59 Å². The Morgan fingerprint density at radius 3 is 1.85 bits per heavy atom. The van der Waals surface area contributed by atoms with E-state index < -0.39 is 30.3 Å². The van der Waals surface area contributed by atoms with Gasteiger partial charge in [0.05, 0.1) is 29.9 Å². The van der Waals surface area contributed by atoms with Gasteiger partial charge in [-0.1, -0.05) is 37.3 Å². The zero-order chi connectivity index (χ0) is 34.1. The number of rotatable bonds is 14. The summed E-state index contributed by atoms with van der Waals surface area (Å²) in [6, 6.07) is 16.6. The lowest BCUT2D eigenvalue weighted by Gasteiger charge is -2.43. The van der Waals surface area contributed by atoms with Gasteiger partial charge >= 0.3 is 11.9 Å². The summed E-state index contributed by atoms with van der Waals surface area (Å²) in [6.07, 6.45) is -2.33. The maximum atomic E-state index is 13.7. The van der Waals surface area contributed by atoms with Crippen molar-refractivity contribution in [2.75, 3.05) is 34.4 Å².